The van der Waals surface area contributed by atoms with Gasteiger partial charge in [0.1, 0.15) is 0 Å². The summed E-state index contributed by atoms with van der Waals surface area (Å²) in [5.74, 6) is 1.71. The molecule has 106 valence electrons. The molecule has 5 heteroatoms. The van der Waals surface area contributed by atoms with Crippen LogP contribution in [0.1, 0.15) is 33.4 Å². The molecule has 0 aliphatic heterocycles. The second-order valence-electron chi connectivity index (χ2n) is 5.31. The second-order valence-corrected chi connectivity index (χ2v) is 6.19. The van der Waals surface area contributed by atoms with E-state index in [1.165, 1.54) is 5.69 Å². The number of thiazole rings is 1. The molecule has 0 radical (unpaired) electrons. The maximum Gasteiger partial charge on any atom is 0.195 e. The van der Waals surface area contributed by atoms with E-state index in [1.807, 2.05) is 0 Å². The zero-order valence-corrected chi connectivity index (χ0v) is 13.3. The Balaban J connectivity index is 2.37. The van der Waals surface area contributed by atoms with E-state index in [-0.39, 0.29) is 0 Å². The Bertz CT molecular complexity index is 529. The van der Waals surface area contributed by atoms with Crippen molar-refractivity contribution in [3.63, 3.8) is 0 Å². The molecule has 0 fully saturated rings. The van der Waals surface area contributed by atoms with Gasteiger partial charge in [0, 0.05) is 31.2 Å². The van der Waals surface area contributed by atoms with Crippen LogP contribution in [0.25, 0.3) is 4.96 Å². The van der Waals surface area contributed by atoms with Crippen molar-refractivity contribution < 1.29 is 0 Å². The van der Waals surface area contributed by atoms with Crippen LogP contribution in [0.3, 0.4) is 0 Å². The van der Waals surface area contributed by atoms with E-state index in [0.29, 0.717) is 12.0 Å². The maximum absolute atomic E-state index is 4.80. The predicted molar refractivity (Wildman–Crippen MR) is 83.2 cm³/mol. The fourth-order valence-corrected chi connectivity index (χ4v) is 2.88. The van der Waals surface area contributed by atoms with Crippen molar-refractivity contribution in [2.45, 2.75) is 40.3 Å². The second kappa shape index (κ2) is 5.92. The first-order chi connectivity index (χ1) is 9.06. The van der Waals surface area contributed by atoms with Crippen LogP contribution in [0.15, 0.2) is 11.6 Å². The number of hydrogen-bond acceptors (Lipinski definition) is 4. The maximum atomic E-state index is 4.80. The van der Waals surface area contributed by atoms with Crippen molar-refractivity contribution in [1.29, 1.82) is 0 Å². The number of imidazole rings is 1. The summed E-state index contributed by atoms with van der Waals surface area (Å²) in [6.45, 7) is 10.7. The van der Waals surface area contributed by atoms with Crippen LogP contribution in [0.5, 0.6) is 0 Å². The molecular weight excluding hydrogens is 256 g/mol. The molecule has 1 N–H and O–H groups in total. The molecule has 0 spiro atoms. The Kier molecular flexibility index (Phi) is 4.47. The van der Waals surface area contributed by atoms with Crippen molar-refractivity contribution in [3.05, 3.63) is 17.3 Å². The number of aromatic nitrogens is 2. The number of nitrogens with zero attached hydrogens (tertiary/aromatic N) is 3. The normalized spacial score (nSPS) is 13.4. The third-order valence-corrected chi connectivity index (χ3v) is 4.55. The quantitative estimate of drug-likeness (QED) is 0.883. The van der Waals surface area contributed by atoms with Gasteiger partial charge in [-0.15, -0.1) is 11.3 Å². The van der Waals surface area contributed by atoms with Gasteiger partial charge in [-0.25, -0.2) is 4.98 Å². The third-order valence-electron chi connectivity index (χ3n) is 3.79. The zero-order chi connectivity index (χ0) is 14.0. The van der Waals surface area contributed by atoms with Gasteiger partial charge in [0.2, 0.25) is 0 Å². The van der Waals surface area contributed by atoms with Gasteiger partial charge < -0.3 is 10.2 Å². The molecule has 0 saturated carbocycles. The molecule has 19 heavy (non-hydrogen) atoms. The van der Waals surface area contributed by atoms with Crippen molar-refractivity contribution in [1.82, 2.24) is 14.7 Å². The summed E-state index contributed by atoms with van der Waals surface area (Å²) >= 11 is 1.69. The van der Waals surface area contributed by atoms with Gasteiger partial charge in [-0.2, -0.15) is 0 Å². The highest BCUT2D eigenvalue weighted by Gasteiger charge is 2.21. The van der Waals surface area contributed by atoms with Crippen LogP contribution in [-0.2, 0) is 6.54 Å². The minimum Gasteiger partial charge on any atom is -0.355 e. The molecule has 4 nitrogen and oxygen atoms in total. The van der Waals surface area contributed by atoms with Gasteiger partial charge >= 0.3 is 0 Å². The van der Waals surface area contributed by atoms with Crippen molar-refractivity contribution in [3.8, 4) is 0 Å². The molecule has 0 aromatic carbocycles. The van der Waals surface area contributed by atoms with Crippen LogP contribution >= 0.6 is 11.3 Å². The van der Waals surface area contributed by atoms with Crippen molar-refractivity contribution >= 4 is 22.1 Å². The molecule has 2 heterocycles. The van der Waals surface area contributed by atoms with Crippen LogP contribution < -0.4 is 10.2 Å². The Morgan fingerprint density at radius 2 is 2.16 bits per heavy atom. The summed E-state index contributed by atoms with van der Waals surface area (Å²) in [5.41, 5.74) is 1.26. The highest BCUT2D eigenvalue weighted by atomic mass is 32.1. The Morgan fingerprint density at radius 3 is 2.79 bits per heavy atom. The smallest absolute Gasteiger partial charge is 0.195 e. The molecule has 0 aliphatic carbocycles. The van der Waals surface area contributed by atoms with Crippen LogP contribution in [0.2, 0.25) is 0 Å². The number of rotatable bonds is 6. The Morgan fingerprint density at radius 1 is 1.42 bits per heavy atom. The first-order valence-electron chi connectivity index (χ1n) is 6.94. The number of fused-ring (bicyclic) bond motifs is 1. The van der Waals surface area contributed by atoms with Gasteiger partial charge in [-0.1, -0.05) is 20.8 Å². The lowest BCUT2D eigenvalue weighted by molar-refractivity contribution is 0.501. The zero-order valence-electron chi connectivity index (χ0n) is 12.5. The van der Waals surface area contributed by atoms with E-state index >= 15 is 0 Å². The standard InChI is InChI=1S/C14H24N4S/c1-6-15-9-12-13(17(5)11(4)10(2)3)16-14-18(12)7-8-19-14/h7-8,10-11,15H,6,9H2,1-5H3. The summed E-state index contributed by atoms with van der Waals surface area (Å²) < 4.78 is 2.20. The molecule has 1 atom stereocenters. The fraction of sp³-hybridized carbons (Fsp3) is 0.643. The molecule has 2 aromatic heterocycles. The third kappa shape index (κ3) is 2.77. The fourth-order valence-electron chi connectivity index (χ4n) is 2.15. The monoisotopic (exact) mass is 280 g/mol. The molecule has 0 bridgehead atoms. The average molecular weight is 280 g/mol. The van der Waals surface area contributed by atoms with E-state index in [9.17, 15) is 0 Å². The van der Waals surface area contributed by atoms with Gasteiger partial charge in [0.25, 0.3) is 0 Å². The molecular formula is C14H24N4S. The van der Waals surface area contributed by atoms with Crippen LogP contribution in [-0.4, -0.2) is 29.0 Å². The summed E-state index contributed by atoms with van der Waals surface area (Å²) in [6.07, 6.45) is 2.11. The van der Waals surface area contributed by atoms with E-state index in [4.69, 9.17) is 4.98 Å². The lowest BCUT2D eigenvalue weighted by Crippen LogP contribution is -2.34. The Hall–Kier alpha value is -1.07. The molecule has 2 aromatic rings. The largest absolute Gasteiger partial charge is 0.355 e. The molecule has 2 rings (SSSR count). The summed E-state index contributed by atoms with van der Waals surface area (Å²) in [5, 5.41) is 5.50. The summed E-state index contributed by atoms with van der Waals surface area (Å²) in [4.78, 5) is 8.17. The summed E-state index contributed by atoms with van der Waals surface area (Å²) in [6, 6.07) is 0.477. The predicted octanol–water partition coefficient (Wildman–Crippen LogP) is 2.99. The first-order valence-corrected chi connectivity index (χ1v) is 7.82. The van der Waals surface area contributed by atoms with Crippen molar-refractivity contribution in [2.24, 2.45) is 5.92 Å². The highest BCUT2D eigenvalue weighted by Crippen LogP contribution is 2.26. The number of hydrogen-bond donors (Lipinski definition) is 1. The topological polar surface area (TPSA) is 32.6 Å². The molecule has 0 saturated heterocycles. The van der Waals surface area contributed by atoms with Gasteiger partial charge in [-0.05, 0) is 19.4 Å². The van der Waals surface area contributed by atoms with E-state index < -0.39 is 0 Å². The first kappa shape index (κ1) is 14.3. The van der Waals surface area contributed by atoms with Crippen LogP contribution in [0.4, 0.5) is 5.82 Å². The Labute approximate surface area is 119 Å². The number of anilines is 1. The lowest BCUT2D eigenvalue weighted by Gasteiger charge is -2.29. The van der Waals surface area contributed by atoms with Crippen molar-refractivity contribution in [2.75, 3.05) is 18.5 Å². The molecule has 0 amide bonds. The SMILES string of the molecule is CCNCc1c(N(C)C(C)C(C)C)nc2sccn12. The minimum atomic E-state index is 0.477. The lowest BCUT2D eigenvalue weighted by atomic mass is 10.1. The van der Waals surface area contributed by atoms with Crippen LogP contribution in [0, 0.1) is 5.92 Å². The van der Waals surface area contributed by atoms with E-state index in [2.05, 4.69) is 60.9 Å². The highest BCUT2D eigenvalue weighted by molar-refractivity contribution is 7.15. The average Bonchev–Trinajstić information content (AvgIpc) is 2.95. The number of nitrogens with one attached hydrogen (secondary N) is 1. The van der Waals surface area contributed by atoms with Gasteiger partial charge in [-0.3, -0.25) is 4.40 Å². The molecule has 1 unspecified atom stereocenters. The van der Waals surface area contributed by atoms with E-state index in [1.54, 1.807) is 11.3 Å². The van der Waals surface area contributed by atoms with Gasteiger partial charge in [0.15, 0.2) is 10.8 Å². The minimum absolute atomic E-state index is 0.477. The van der Waals surface area contributed by atoms with E-state index in [0.717, 1.165) is 23.9 Å². The summed E-state index contributed by atoms with van der Waals surface area (Å²) in [7, 11) is 2.15. The van der Waals surface area contributed by atoms with Gasteiger partial charge in [0.05, 0.1) is 5.69 Å². The molecule has 0 aliphatic rings.